The number of aryl methyl sites for hydroxylation is 1. The van der Waals surface area contributed by atoms with Gasteiger partial charge in [-0.25, -0.2) is 4.98 Å². The summed E-state index contributed by atoms with van der Waals surface area (Å²) in [6.07, 6.45) is 6.88. The minimum absolute atomic E-state index is 0.00143. The summed E-state index contributed by atoms with van der Waals surface area (Å²) < 4.78 is 7.31. The number of ether oxygens (including phenoxy) is 1. The van der Waals surface area contributed by atoms with Gasteiger partial charge < -0.3 is 24.6 Å². The summed E-state index contributed by atoms with van der Waals surface area (Å²) in [4.78, 5) is 21.7. The van der Waals surface area contributed by atoms with Crippen LogP contribution in [0.15, 0.2) is 36.7 Å². The summed E-state index contributed by atoms with van der Waals surface area (Å²) in [6, 6.07) is 8.45. The van der Waals surface area contributed by atoms with Crippen LogP contribution in [-0.4, -0.2) is 70.4 Å². The average molecular weight is 426 g/mol. The molecule has 2 atom stereocenters. The van der Waals surface area contributed by atoms with Crippen molar-refractivity contribution in [3.8, 4) is 0 Å². The van der Waals surface area contributed by atoms with E-state index in [0.29, 0.717) is 19.4 Å². The van der Waals surface area contributed by atoms with E-state index < -0.39 is 5.60 Å². The third kappa shape index (κ3) is 4.07. The van der Waals surface area contributed by atoms with Crippen molar-refractivity contribution in [1.29, 1.82) is 0 Å². The fourth-order valence-electron chi connectivity index (χ4n) is 5.51. The Morgan fingerprint density at radius 1 is 1.19 bits per heavy atom. The van der Waals surface area contributed by atoms with Crippen LogP contribution in [0, 0.1) is 0 Å². The van der Waals surface area contributed by atoms with E-state index in [0.717, 1.165) is 56.3 Å². The molecule has 2 aromatic rings. The van der Waals surface area contributed by atoms with Crippen LogP contribution < -0.4 is 10.2 Å². The minimum atomic E-state index is -0.910. The van der Waals surface area contributed by atoms with Gasteiger partial charge in [0.25, 0.3) is 0 Å². The van der Waals surface area contributed by atoms with Crippen LogP contribution in [0.2, 0.25) is 0 Å². The molecule has 3 fully saturated rings. The van der Waals surface area contributed by atoms with Gasteiger partial charge in [-0.2, -0.15) is 0 Å². The number of anilines is 2. The molecule has 5 rings (SSSR count). The summed E-state index contributed by atoms with van der Waals surface area (Å²) in [7, 11) is 1.92. The number of benzene rings is 1. The van der Waals surface area contributed by atoms with Gasteiger partial charge in [0.2, 0.25) is 5.91 Å². The Bertz CT molecular complexity index is 908. The Labute approximate surface area is 182 Å². The summed E-state index contributed by atoms with van der Waals surface area (Å²) in [5.74, 6) is 0.729. The summed E-state index contributed by atoms with van der Waals surface area (Å²) >= 11 is 0. The van der Waals surface area contributed by atoms with Gasteiger partial charge >= 0.3 is 0 Å². The number of amides is 1. The van der Waals surface area contributed by atoms with E-state index >= 15 is 0 Å². The third-order valence-corrected chi connectivity index (χ3v) is 7.01. The molecule has 0 spiro atoms. The second-order valence-electron chi connectivity index (χ2n) is 9.05. The molecule has 8 heteroatoms. The molecule has 3 aliphatic heterocycles. The molecule has 4 heterocycles. The molecule has 0 unspecified atom stereocenters. The number of carbonyl (C=O) groups is 1. The number of hydrogen-bond donors (Lipinski definition) is 2. The number of imidazole rings is 1. The van der Waals surface area contributed by atoms with Crippen LogP contribution in [0.1, 0.15) is 31.5 Å². The Morgan fingerprint density at radius 2 is 1.87 bits per heavy atom. The number of carbonyl (C=O) groups excluding carboxylic acids is 1. The Hall–Kier alpha value is -2.42. The summed E-state index contributed by atoms with van der Waals surface area (Å²) in [5, 5.41) is 14.3. The first-order chi connectivity index (χ1) is 15.0. The predicted octanol–water partition coefficient (Wildman–Crippen LogP) is 1.71. The first-order valence-electron chi connectivity index (χ1n) is 11.2. The van der Waals surface area contributed by atoms with Crippen LogP contribution >= 0.6 is 0 Å². The monoisotopic (exact) mass is 425 g/mol. The first kappa shape index (κ1) is 20.5. The minimum Gasteiger partial charge on any atom is -0.382 e. The molecule has 1 aromatic heterocycles. The number of rotatable bonds is 5. The van der Waals surface area contributed by atoms with E-state index in [2.05, 4.69) is 32.2 Å². The maximum absolute atomic E-state index is 12.8. The van der Waals surface area contributed by atoms with E-state index in [1.54, 1.807) is 6.20 Å². The van der Waals surface area contributed by atoms with Crippen molar-refractivity contribution in [2.45, 2.75) is 43.4 Å². The molecule has 8 nitrogen and oxygen atoms in total. The highest BCUT2D eigenvalue weighted by atomic mass is 16.5. The van der Waals surface area contributed by atoms with Gasteiger partial charge in [0.15, 0.2) is 0 Å². The van der Waals surface area contributed by atoms with Gasteiger partial charge in [-0.15, -0.1) is 0 Å². The number of morpholine rings is 1. The van der Waals surface area contributed by atoms with Gasteiger partial charge in [0.1, 0.15) is 11.4 Å². The molecule has 1 aromatic carbocycles. The lowest BCUT2D eigenvalue weighted by Crippen LogP contribution is -2.52. The third-order valence-electron chi connectivity index (χ3n) is 7.01. The molecule has 3 aliphatic rings. The van der Waals surface area contributed by atoms with E-state index in [1.165, 1.54) is 0 Å². The topological polar surface area (TPSA) is 82.9 Å². The molecule has 166 valence electrons. The van der Waals surface area contributed by atoms with Crippen LogP contribution in [0.4, 0.5) is 11.4 Å². The number of nitrogens with one attached hydrogen (secondary N) is 1. The van der Waals surface area contributed by atoms with E-state index in [9.17, 15) is 9.90 Å². The molecule has 0 aliphatic carbocycles. The quantitative estimate of drug-likeness (QED) is 0.759. The Morgan fingerprint density at radius 3 is 2.48 bits per heavy atom. The van der Waals surface area contributed by atoms with Gasteiger partial charge in [-0.1, -0.05) is 0 Å². The van der Waals surface area contributed by atoms with Crippen LogP contribution in [0.3, 0.4) is 0 Å². The molecule has 31 heavy (non-hydrogen) atoms. The zero-order valence-corrected chi connectivity index (χ0v) is 18.0. The van der Waals surface area contributed by atoms with E-state index in [4.69, 9.17) is 4.74 Å². The molecule has 0 saturated carbocycles. The smallest absolute Gasteiger partial charge is 0.238 e. The molecule has 3 saturated heterocycles. The van der Waals surface area contributed by atoms with Gasteiger partial charge in [0.05, 0.1) is 19.8 Å². The van der Waals surface area contributed by atoms with Crippen LogP contribution in [-0.2, 0) is 22.2 Å². The maximum Gasteiger partial charge on any atom is 0.238 e. The molecule has 0 radical (unpaired) electrons. The van der Waals surface area contributed by atoms with E-state index in [-0.39, 0.29) is 18.0 Å². The van der Waals surface area contributed by atoms with Crippen molar-refractivity contribution >= 4 is 17.3 Å². The lowest BCUT2D eigenvalue weighted by atomic mass is 9.85. The summed E-state index contributed by atoms with van der Waals surface area (Å²) in [6.45, 7) is 3.66. The zero-order chi connectivity index (χ0) is 21.4. The number of piperidine rings is 1. The van der Waals surface area contributed by atoms with E-state index in [1.807, 2.05) is 29.9 Å². The van der Waals surface area contributed by atoms with Gasteiger partial charge in [0, 0.05) is 56.0 Å². The largest absolute Gasteiger partial charge is 0.382 e. The van der Waals surface area contributed by atoms with Crippen LogP contribution in [0.5, 0.6) is 0 Å². The number of nitrogens with zero attached hydrogens (tertiary/aromatic N) is 4. The number of fused-ring (bicyclic) bond motifs is 2. The Balaban J connectivity index is 1.19. The second kappa shape index (κ2) is 8.26. The lowest BCUT2D eigenvalue weighted by Gasteiger charge is -2.43. The highest BCUT2D eigenvalue weighted by Crippen LogP contribution is 2.45. The second-order valence-corrected chi connectivity index (χ2v) is 9.05. The molecule has 1 amide bonds. The lowest BCUT2D eigenvalue weighted by molar-refractivity contribution is -0.121. The van der Waals surface area contributed by atoms with Gasteiger partial charge in [-0.05, 0) is 49.9 Å². The highest BCUT2D eigenvalue weighted by molar-refractivity contribution is 5.92. The van der Waals surface area contributed by atoms with Crippen LogP contribution in [0.25, 0.3) is 0 Å². The van der Waals surface area contributed by atoms with Gasteiger partial charge in [-0.3, -0.25) is 9.69 Å². The predicted molar refractivity (Wildman–Crippen MR) is 118 cm³/mol. The Kier molecular flexibility index (Phi) is 5.45. The average Bonchev–Trinajstić information content (AvgIpc) is 3.31. The molecule has 2 N–H and O–H groups in total. The zero-order valence-electron chi connectivity index (χ0n) is 18.0. The van der Waals surface area contributed by atoms with Crippen molar-refractivity contribution in [2.75, 3.05) is 43.1 Å². The normalized spacial score (nSPS) is 28.6. The van der Waals surface area contributed by atoms with Crippen molar-refractivity contribution in [3.63, 3.8) is 0 Å². The van der Waals surface area contributed by atoms with Crippen molar-refractivity contribution in [1.82, 2.24) is 14.5 Å². The SMILES string of the molecule is Cn1ccnc1C1(O)C[C@@H]2CC[C@@H](C1)N2CC(=O)Nc1ccc(N2CCOCC2)cc1. The summed E-state index contributed by atoms with van der Waals surface area (Å²) in [5.41, 5.74) is 1.06. The number of aromatic nitrogens is 2. The fraction of sp³-hybridized carbons (Fsp3) is 0.565. The van der Waals surface area contributed by atoms with Crippen molar-refractivity contribution in [3.05, 3.63) is 42.5 Å². The number of aliphatic hydroxyl groups is 1. The van der Waals surface area contributed by atoms with Crippen molar-refractivity contribution < 1.29 is 14.6 Å². The fourth-order valence-corrected chi connectivity index (χ4v) is 5.51. The molecular formula is C23H31N5O3. The molecular weight excluding hydrogens is 394 g/mol. The van der Waals surface area contributed by atoms with Crippen molar-refractivity contribution in [2.24, 2.45) is 7.05 Å². The maximum atomic E-state index is 12.8. The number of hydrogen-bond acceptors (Lipinski definition) is 6. The standard InChI is InChI=1S/C23H31N5O3/c1-26-9-8-24-22(26)23(30)14-19-6-7-20(15-23)28(19)16-21(29)25-17-2-4-18(5-3-17)27-10-12-31-13-11-27/h2-5,8-9,19-20,30H,6-7,10-16H2,1H3,(H,25,29)/t19-,20-/m0/s1. The first-order valence-corrected chi connectivity index (χ1v) is 11.2. The molecule has 2 bridgehead atoms. The highest BCUT2D eigenvalue weighted by Gasteiger charge is 2.50.